The fraction of sp³-hybridized carbons (Fsp3) is 0.0870. The molecule has 3 rings (SSSR count). The van der Waals surface area contributed by atoms with E-state index in [-0.39, 0.29) is 18.1 Å². The fourth-order valence-electron chi connectivity index (χ4n) is 2.64. The van der Waals surface area contributed by atoms with E-state index in [1.807, 2.05) is 24.3 Å². The van der Waals surface area contributed by atoms with Crippen molar-refractivity contribution in [2.24, 2.45) is 0 Å². The van der Waals surface area contributed by atoms with E-state index < -0.39 is 5.82 Å². The van der Waals surface area contributed by atoms with Crippen LogP contribution in [0.3, 0.4) is 0 Å². The molecule has 0 aliphatic heterocycles. The minimum atomic E-state index is -0.419. The molecule has 0 bridgehead atoms. The lowest BCUT2D eigenvalue weighted by molar-refractivity contribution is 0.104. The van der Waals surface area contributed by atoms with Crippen LogP contribution in [0.15, 0.2) is 77.3 Å². The molecule has 0 atom stereocenters. The molecule has 0 N–H and O–H groups in total. The Morgan fingerprint density at radius 2 is 1.86 bits per heavy atom. The van der Waals surface area contributed by atoms with Crippen LogP contribution >= 0.6 is 15.9 Å². The molecule has 0 aliphatic rings. The van der Waals surface area contributed by atoms with Crippen LogP contribution in [-0.2, 0) is 6.61 Å². The van der Waals surface area contributed by atoms with Gasteiger partial charge in [0.15, 0.2) is 17.3 Å². The van der Waals surface area contributed by atoms with Crippen molar-refractivity contribution in [2.45, 2.75) is 6.61 Å². The third-order valence-electron chi connectivity index (χ3n) is 4.06. The van der Waals surface area contributed by atoms with Crippen molar-refractivity contribution in [1.82, 2.24) is 0 Å². The lowest BCUT2D eigenvalue weighted by Gasteiger charge is -2.11. The Balaban J connectivity index is 1.76. The molecule has 0 radical (unpaired) electrons. The van der Waals surface area contributed by atoms with Gasteiger partial charge in [-0.2, -0.15) is 0 Å². The summed E-state index contributed by atoms with van der Waals surface area (Å²) < 4.78 is 25.5. The van der Waals surface area contributed by atoms with E-state index in [4.69, 9.17) is 9.47 Å². The van der Waals surface area contributed by atoms with Gasteiger partial charge in [0.25, 0.3) is 0 Å². The largest absolute Gasteiger partial charge is 0.496 e. The Hall–Kier alpha value is -2.92. The summed E-state index contributed by atoms with van der Waals surface area (Å²) in [4.78, 5) is 12.3. The molecule has 0 amide bonds. The van der Waals surface area contributed by atoms with E-state index in [1.54, 1.807) is 49.6 Å². The van der Waals surface area contributed by atoms with Crippen LogP contribution in [0.5, 0.6) is 11.5 Å². The number of ether oxygens (including phenoxy) is 2. The number of carbonyl (C=O) groups excluding carboxylic acids is 1. The van der Waals surface area contributed by atoms with Gasteiger partial charge in [-0.3, -0.25) is 4.79 Å². The first-order chi connectivity index (χ1) is 13.6. The normalized spacial score (nSPS) is 10.8. The number of ketones is 1. The third kappa shape index (κ3) is 5.08. The molecule has 0 heterocycles. The van der Waals surface area contributed by atoms with Gasteiger partial charge in [0.05, 0.1) is 7.11 Å². The molecular weight excluding hydrogens is 423 g/mol. The van der Waals surface area contributed by atoms with Gasteiger partial charge in [-0.1, -0.05) is 52.3 Å². The van der Waals surface area contributed by atoms with Crippen molar-refractivity contribution in [2.75, 3.05) is 7.11 Å². The Labute approximate surface area is 171 Å². The van der Waals surface area contributed by atoms with Gasteiger partial charge in [-0.15, -0.1) is 0 Å². The number of hydrogen-bond acceptors (Lipinski definition) is 3. The molecule has 0 spiro atoms. The number of benzene rings is 3. The number of allylic oxidation sites excluding steroid dienone is 1. The Morgan fingerprint density at radius 3 is 2.61 bits per heavy atom. The number of hydrogen-bond donors (Lipinski definition) is 0. The molecular formula is C23H18BrFO3. The maximum absolute atomic E-state index is 13.7. The highest BCUT2D eigenvalue weighted by molar-refractivity contribution is 9.10. The van der Waals surface area contributed by atoms with E-state index in [2.05, 4.69) is 15.9 Å². The highest BCUT2D eigenvalue weighted by Crippen LogP contribution is 2.24. The van der Waals surface area contributed by atoms with Crippen LogP contribution in [0.1, 0.15) is 21.5 Å². The zero-order valence-corrected chi connectivity index (χ0v) is 16.8. The van der Waals surface area contributed by atoms with E-state index in [0.717, 1.165) is 15.6 Å². The van der Waals surface area contributed by atoms with Crippen LogP contribution in [0, 0.1) is 5.82 Å². The van der Waals surface area contributed by atoms with E-state index in [1.165, 1.54) is 12.1 Å². The monoisotopic (exact) mass is 440 g/mol. The van der Waals surface area contributed by atoms with Crippen LogP contribution in [0.2, 0.25) is 0 Å². The fourth-order valence-corrected chi connectivity index (χ4v) is 3.04. The van der Waals surface area contributed by atoms with Crippen molar-refractivity contribution < 1.29 is 18.7 Å². The molecule has 3 aromatic carbocycles. The first-order valence-electron chi connectivity index (χ1n) is 8.59. The SMILES string of the molecule is COc1ccc(/C=C/C(=O)c2cccc(Br)c2)cc1COc1ccccc1F. The number of para-hydroxylation sites is 1. The van der Waals surface area contributed by atoms with Gasteiger partial charge >= 0.3 is 0 Å². The summed E-state index contributed by atoms with van der Waals surface area (Å²) in [6.07, 6.45) is 3.25. The Morgan fingerprint density at radius 1 is 1.04 bits per heavy atom. The Bertz CT molecular complexity index is 1010. The molecule has 0 saturated heterocycles. The molecule has 28 heavy (non-hydrogen) atoms. The molecule has 0 aromatic heterocycles. The van der Waals surface area contributed by atoms with Crippen molar-refractivity contribution in [1.29, 1.82) is 0 Å². The summed E-state index contributed by atoms with van der Waals surface area (Å²) in [5, 5.41) is 0. The highest BCUT2D eigenvalue weighted by Gasteiger charge is 2.08. The molecule has 0 fully saturated rings. The molecule has 3 nitrogen and oxygen atoms in total. The third-order valence-corrected chi connectivity index (χ3v) is 4.55. The summed E-state index contributed by atoms with van der Waals surface area (Å²) in [7, 11) is 1.56. The maximum Gasteiger partial charge on any atom is 0.185 e. The highest BCUT2D eigenvalue weighted by atomic mass is 79.9. The van der Waals surface area contributed by atoms with Crippen LogP contribution in [0.25, 0.3) is 6.08 Å². The van der Waals surface area contributed by atoms with E-state index in [0.29, 0.717) is 11.3 Å². The maximum atomic E-state index is 13.7. The van der Waals surface area contributed by atoms with Crippen molar-refractivity contribution in [3.8, 4) is 11.5 Å². The van der Waals surface area contributed by atoms with Gasteiger partial charge in [-0.25, -0.2) is 4.39 Å². The summed E-state index contributed by atoms with van der Waals surface area (Å²) in [5.41, 5.74) is 2.17. The molecule has 0 saturated carbocycles. The summed E-state index contributed by atoms with van der Waals surface area (Å²) in [6.45, 7) is 0.144. The number of carbonyl (C=O) groups is 1. The van der Waals surface area contributed by atoms with Crippen molar-refractivity contribution in [3.63, 3.8) is 0 Å². The first-order valence-corrected chi connectivity index (χ1v) is 9.38. The van der Waals surface area contributed by atoms with Crippen molar-refractivity contribution in [3.05, 3.63) is 99.8 Å². The number of halogens is 2. The summed E-state index contributed by atoms with van der Waals surface area (Å²) in [6, 6.07) is 18.9. The quantitative estimate of drug-likeness (QED) is 0.330. The summed E-state index contributed by atoms with van der Waals surface area (Å²) >= 11 is 3.36. The lowest BCUT2D eigenvalue weighted by atomic mass is 10.1. The van der Waals surface area contributed by atoms with E-state index >= 15 is 0 Å². The Kier molecular flexibility index (Phi) is 6.61. The van der Waals surface area contributed by atoms with Crippen molar-refractivity contribution >= 4 is 27.8 Å². The average Bonchev–Trinajstić information content (AvgIpc) is 2.71. The molecule has 0 aliphatic carbocycles. The van der Waals surface area contributed by atoms with Gasteiger partial charge in [0.2, 0.25) is 0 Å². The minimum Gasteiger partial charge on any atom is -0.496 e. The minimum absolute atomic E-state index is 0.0960. The predicted molar refractivity (Wildman–Crippen MR) is 111 cm³/mol. The van der Waals surface area contributed by atoms with Gasteiger partial charge in [0.1, 0.15) is 12.4 Å². The second-order valence-electron chi connectivity index (χ2n) is 6.00. The number of rotatable bonds is 7. The van der Waals surface area contributed by atoms with Crippen LogP contribution in [0.4, 0.5) is 4.39 Å². The molecule has 3 aromatic rings. The van der Waals surface area contributed by atoms with E-state index in [9.17, 15) is 9.18 Å². The second-order valence-corrected chi connectivity index (χ2v) is 6.91. The van der Waals surface area contributed by atoms with Gasteiger partial charge in [0, 0.05) is 15.6 Å². The molecule has 142 valence electrons. The van der Waals surface area contributed by atoms with Crippen LogP contribution < -0.4 is 9.47 Å². The average molecular weight is 441 g/mol. The molecule has 5 heteroatoms. The zero-order chi connectivity index (χ0) is 19.9. The van der Waals surface area contributed by atoms with Gasteiger partial charge in [-0.05, 0) is 48.0 Å². The second kappa shape index (κ2) is 9.33. The lowest BCUT2D eigenvalue weighted by Crippen LogP contribution is -2.00. The number of methoxy groups -OCH3 is 1. The summed E-state index contributed by atoms with van der Waals surface area (Å²) in [5.74, 6) is 0.292. The predicted octanol–water partition coefficient (Wildman–Crippen LogP) is 6.07. The topological polar surface area (TPSA) is 35.5 Å². The van der Waals surface area contributed by atoms with Gasteiger partial charge < -0.3 is 9.47 Å². The standard InChI is InChI=1S/C23H18BrFO3/c1-27-22-12-10-16(9-11-21(26)17-5-4-6-19(24)14-17)13-18(22)15-28-23-8-3-2-7-20(23)25/h2-14H,15H2,1H3/b11-9+. The van der Waals surface area contributed by atoms with Crippen LogP contribution in [-0.4, -0.2) is 12.9 Å². The molecule has 0 unspecified atom stereocenters. The smallest absolute Gasteiger partial charge is 0.185 e. The first kappa shape index (κ1) is 19.8. The zero-order valence-electron chi connectivity index (χ0n) is 15.2.